The smallest absolute Gasteiger partial charge is 0.0685 e. The van der Waals surface area contributed by atoms with Crippen LogP contribution in [0, 0.1) is 11.3 Å². The molecule has 0 amide bonds. The number of nitrogens with zero attached hydrogens (tertiary/aromatic N) is 1. The molecule has 0 bridgehead atoms. The molecule has 15 heavy (non-hydrogen) atoms. The van der Waals surface area contributed by atoms with Crippen molar-refractivity contribution in [3.05, 3.63) is 47.5 Å². The Morgan fingerprint density at radius 2 is 1.93 bits per heavy atom. The van der Waals surface area contributed by atoms with Crippen LogP contribution in [0.3, 0.4) is 0 Å². The van der Waals surface area contributed by atoms with Crippen molar-refractivity contribution >= 4 is 10.8 Å². The molecule has 0 aliphatic heterocycles. The summed E-state index contributed by atoms with van der Waals surface area (Å²) in [5.41, 5.74) is 1.79. The maximum absolute atomic E-state index is 9.20. The van der Waals surface area contributed by atoms with E-state index in [0.717, 1.165) is 21.9 Å². The first-order valence-corrected chi connectivity index (χ1v) is 4.84. The minimum atomic E-state index is -0.0121. The third-order valence-electron chi connectivity index (χ3n) is 2.56. The summed E-state index contributed by atoms with van der Waals surface area (Å²) in [7, 11) is 0. The van der Waals surface area contributed by atoms with Crippen LogP contribution >= 0.6 is 0 Å². The summed E-state index contributed by atoms with van der Waals surface area (Å²) < 4.78 is 0. The Morgan fingerprint density at radius 1 is 1.13 bits per heavy atom. The van der Waals surface area contributed by atoms with E-state index in [1.807, 2.05) is 36.4 Å². The van der Waals surface area contributed by atoms with E-state index in [1.165, 1.54) is 0 Å². The third kappa shape index (κ3) is 1.70. The Morgan fingerprint density at radius 3 is 2.67 bits per heavy atom. The van der Waals surface area contributed by atoms with Crippen molar-refractivity contribution in [2.45, 2.75) is 13.0 Å². The van der Waals surface area contributed by atoms with Gasteiger partial charge in [0.2, 0.25) is 0 Å². The maximum Gasteiger partial charge on any atom is 0.0685 e. The molecule has 2 heteroatoms. The van der Waals surface area contributed by atoms with E-state index in [4.69, 9.17) is 5.26 Å². The summed E-state index contributed by atoms with van der Waals surface area (Å²) >= 11 is 0. The van der Waals surface area contributed by atoms with Gasteiger partial charge in [-0.2, -0.15) is 5.26 Å². The normalized spacial score (nSPS) is 10.1. The number of hydrogen-bond donors (Lipinski definition) is 1. The number of aliphatic hydroxyl groups excluding tert-OH is 1. The predicted molar refractivity (Wildman–Crippen MR) is 59.2 cm³/mol. The molecule has 2 nitrogen and oxygen atoms in total. The summed E-state index contributed by atoms with van der Waals surface area (Å²) in [6.45, 7) is -0.0121. The Hall–Kier alpha value is -1.85. The van der Waals surface area contributed by atoms with E-state index in [9.17, 15) is 5.11 Å². The van der Waals surface area contributed by atoms with Gasteiger partial charge in [-0.1, -0.05) is 36.4 Å². The van der Waals surface area contributed by atoms with Crippen molar-refractivity contribution in [3.8, 4) is 6.07 Å². The third-order valence-corrected chi connectivity index (χ3v) is 2.56. The minimum absolute atomic E-state index is 0.0121. The highest BCUT2D eigenvalue weighted by atomic mass is 16.3. The molecule has 0 spiro atoms. The van der Waals surface area contributed by atoms with Gasteiger partial charge in [0, 0.05) is 0 Å². The fourth-order valence-electron chi connectivity index (χ4n) is 1.82. The lowest BCUT2D eigenvalue weighted by molar-refractivity contribution is 0.281. The molecular weight excluding hydrogens is 186 g/mol. The average molecular weight is 197 g/mol. The zero-order chi connectivity index (χ0) is 10.7. The van der Waals surface area contributed by atoms with Crippen molar-refractivity contribution in [2.75, 3.05) is 0 Å². The summed E-state index contributed by atoms with van der Waals surface area (Å²) in [5.74, 6) is 0. The molecule has 0 saturated carbocycles. The molecular formula is C13H11NO. The molecule has 0 aliphatic rings. The molecule has 0 atom stereocenters. The van der Waals surface area contributed by atoms with Gasteiger partial charge in [-0.3, -0.25) is 0 Å². The van der Waals surface area contributed by atoms with Gasteiger partial charge in [0.15, 0.2) is 0 Å². The van der Waals surface area contributed by atoms with Crippen LogP contribution < -0.4 is 0 Å². The van der Waals surface area contributed by atoms with Gasteiger partial charge in [0.05, 0.1) is 19.1 Å². The summed E-state index contributed by atoms with van der Waals surface area (Å²) in [4.78, 5) is 0. The topological polar surface area (TPSA) is 44.0 Å². The van der Waals surface area contributed by atoms with Crippen molar-refractivity contribution in [3.63, 3.8) is 0 Å². The molecule has 0 unspecified atom stereocenters. The summed E-state index contributed by atoms with van der Waals surface area (Å²) in [5, 5.41) is 20.1. The lowest BCUT2D eigenvalue weighted by atomic mass is 9.97. The van der Waals surface area contributed by atoms with E-state index in [1.54, 1.807) is 0 Å². The van der Waals surface area contributed by atoms with Gasteiger partial charge in [0.1, 0.15) is 0 Å². The lowest BCUT2D eigenvalue weighted by Gasteiger charge is -2.08. The number of fused-ring (bicyclic) bond motifs is 1. The van der Waals surface area contributed by atoms with Crippen LogP contribution in [0.4, 0.5) is 0 Å². The highest BCUT2D eigenvalue weighted by Gasteiger charge is 2.05. The van der Waals surface area contributed by atoms with Crippen molar-refractivity contribution in [2.24, 2.45) is 0 Å². The number of benzene rings is 2. The molecule has 0 aromatic heterocycles. The highest BCUT2D eigenvalue weighted by Crippen LogP contribution is 2.22. The fourth-order valence-corrected chi connectivity index (χ4v) is 1.82. The highest BCUT2D eigenvalue weighted by molar-refractivity contribution is 5.87. The van der Waals surface area contributed by atoms with Gasteiger partial charge in [-0.05, 0) is 21.9 Å². The number of aliphatic hydroxyl groups is 1. The van der Waals surface area contributed by atoms with Gasteiger partial charge >= 0.3 is 0 Å². The molecule has 2 rings (SSSR count). The first kappa shape index (κ1) is 9.70. The van der Waals surface area contributed by atoms with E-state index < -0.39 is 0 Å². The molecule has 0 saturated heterocycles. The van der Waals surface area contributed by atoms with Gasteiger partial charge in [-0.25, -0.2) is 0 Å². The van der Waals surface area contributed by atoms with Gasteiger partial charge in [0.25, 0.3) is 0 Å². The molecule has 74 valence electrons. The van der Waals surface area contributed by atoms with Gasteiger partial charge < -0.3 is 5.11 Å². The Labute approximate surface area is 88.4 Å². The molecule has 0 radical (unpaired) electrons. The SMILES string of the molecule is N#CCc1c(CO)ccc2ccccc12. The largest absolute Gasteiger partial charge is 0.392 e. The van der Waals surface area contributed by atoms with Crippen LogP contribution in [0.15, 0.2) is 36.4 Å². The zero-order valence-electron chi connectivity index (χ0n) is 8.27. The molecule has 2 aromatic carbocycles. The maximum atomic E-state index is 9.20. The zero-order valence-corrected chi connectivity index (χ0v) is 8.27. The van der Waals surface area contributed by atoms with Crippen LogP contribution in [0.25, 0.3) is 10.8 Å². The first-order valence-electron chi connectivity index (χ1n) is 4.84. The van der Waals surface area contributed by atoms with E-state index in [0.29, 0.717) is 6.42 Å². The second-order valence-electron chi connectivity index (χ2n) is 3.42. The first-order chi connectivity index (χ1) is 7.36. The predicted octanol–water partition coefficient (Wildman–Crippen LogP) is 2.40. The number of hydrogen-bond acceptors (Lipinski definition) is 2. The molecule has 0 heterocycles. The Balaban J connectivity index is 2.74. The van der Waals surface area contributed by atoms with Crippen LogP contribution in [0.5, 0.6) is 0 Å². The number of rotatable bonds is 2. The molecule has 1 N–H and O–H groups in total. The van der Waals surface area contributed by atoms with Crippen LogP contribution in [-0.2, 0) is 13.0 Å². The lowest BCUT2D eigenvalue weighted by Crippen LogP contribution is -1.94. The Bertz CT molecular complexity index is 526. The molecule has 0 aliphatic carbocycles. The monoisotopic (exact) mass is 197 g/mol. The quantitative estimate of drug-likeness (QED) is 0.803. The van der Waals surface area contributed by atoms with Crippen LogP contribution in [0.1, 0.15) is 11.1 Å². The summed E-state index contributed by atoms with van der Waals surface area (Å²) in [6, 6.07) is 13.9. The minimum Gasteiger partial charge on any atom is -0.392 e. The van der Waals surface area contributed by atoms with E-state index in [-0.39, 0.29) is 6.61 Å². The standard InChI is InChI=1S/C13H11NO/c14-8-7-13-11(9-15)6-5-10-3-1-2-4-12(10)13/h1-6,15H,7,9H2. The fraction of sp³-hybridized carbons (Fsp3) is 0.154. The van der Waals surface area contributed by atoms with E-state index >= 15 is 0 Å². The molecule has 0 fully saturated rings. The van der Waals surface area contributed by atoms with Crippen molar-refractivity contribution in [1.29, 1.82) is 5.26 Å². The Kier molecular flexibility index (Phi) is 2.66. The van der Waals surface area contributed by atoms with Gasteiger partial charge in [-0.15, -0.1) is 0 Å². The molecule has 2 aromatic rings. The second-order valence-corrected chi connectivity index (χ2v) is 3.42. The van der Waals surface area contributed by atoms with Crippen molar-refractivity contribution < 1.29 is 5.11 Å². The second kappa shape index (κ2) is 4.12. The number of nitriles is 1. The van der Waals surface area contributed by atoms with E-state index in [2.05, 4.69) is 6.07 Å². The van der Waals surface area contributed by atoms with Crippen LogP contribution in [0.2, 0.25) is 0 Å². The summed E-state index contributed by atoms with van der Waals surface area (Å²) in [6.07, 6.45) is 0.344. The van der Waals surface area contributed by atoms with Crippen LogP contribution in [-0.4, -0.2) is 5.11 Å². The van der Waals surface area contributed by atoms with Crippen molar-refractivity contribution in [1.82, 2.24) is 0 Å². The average Bonchev–Trinajstić information content (AvgIpc) is 2.30.